The van der Waals surface area contributed by atoms with Crippen molar-refractivity contribution in [1.29, 1.82) is 5.41 Å². The summed E-state index contributed by atoms with van der Waals surface area (Å²) in [4.78, 5) is 3.98. The number of likely N-dealkylation sites (N-methyl/N-ethyl adjacent to an activating group) is 1. The Morgan fingerprint density at radius 3 is 2.44 bits per heavy atom. The summed E-state index contributed by atoms with van der Waals surface area (Å²) in [5, 5.41) is 7.07. The number of halogens is 3. The number of nitrogens with two attached hydrogens (primary N) is 1. The predicted molar refractivity (Wildman–Crippen MR) is 64.6 cm³/mol. The van der Waals surface area contributed by atoms with Crippen molar-refractivity contribution in [2.24, 2.45) is 11.7 Å². The van der Waals surface area contributed by atoms with E-state index in [0.717, 1.165) is 13.1 Å². The topological polar surface area (TPSA) is 56.4 Å². The van der Waals surface area contributed by atoms with Crippen molar-refractivity contribution >= 4 is 5.84 Å². The molecule has 2 atom stereocenters. The van der Waals surface area contributed by atoms with Crippen LogP contribution in [0.3, 0.4) is 0 Å². The minimum Gasteiger partial charge on any atom is -0.387 e. The molecule has 0 bridgehead atoms. The predicted octanol–water partition coefficient (Wildman–Crippen LogP) is 1.13. The molecule has 3 N–H and O–H groups in total. The lowest BCUT2D eigenvalue weighted by Gasteiger charge is -2.40. The Kier molecular flexibility index (Phi) is 4.98. The summed E-state index contributed by atoms with van der Waals surface area (Å²) in [6.07, 6.45) is -4.43. The van der Waals surface area contributed by atoms with E-state index >= 15 is 0 Å². The average Bonchev–Trinajstić information content (AvgIpc) is 2.24. The highest BCUT2D eigenvalue weighted by atomic mass is 19.4. The van der Waals surface area contributed by atoms with Gasteiger partial charge in [0.2, 0.25) is 0 Å². The number of piperazine rings is 1. The van der Waals surface area contributed by atoms with Crippen molar-refractivity contribution in [3.05, 3.63) is 0 Å². The van der Waals surface area contributed by atoms with Gasteiger partial charge in [0.1, 0.15) is 11.8 Å². The van der Waals surface area contributed by atoms with Gasteiger partial charge in [-0.25, -0.2) is 0 Å². The molecule has 0 amide bonds. The number of alkyl halides is 3. The van der Waals surface area contributed by atoms with Crippen molar-refractivity contribution in [1.82, 2.24) is 9.80 Å². The third-order valence-electron chi connectivity index (χ3n) is 3.47. The number of rotatable bonds is 4. The van der Waals surface area contributed by atoms with E-state index in [1.165, 1.54) is 0 Å². The van der Waals surface area contributed by atoms with Crippen molar-refractivity contribution in [3.63, 3.8) is 0 Å². The van der Waals surface area contributed by atoms with Crippen LogP contribution in [-0.2, 0) is 0 Å². The van der Waals surface area contributed by atoms with Crippen LogP contribution in [0.2, 0.25) is 0 Å². The van der Waals surface area contributed by atoms with E-state index in [1.807, 2.05) is 13.8 Å². The van der Waals surface area contributed by atoms with Crippen molar-refractivity contribution in [2.75, 3.05) is 32.7 Å². The van der Waals surface area contributed by atoms with E-state index in [-0.39, 0.29) is 12.6 Å². The first-order valence-corrected chi connectivity index (χ1v) is 6.12. The molecule has 0 aromatic rings. The van der Waals surface area contributed by atoms with Gasteiger partial charge >= 0.3 is 6.18 Å². The quantitative estimate of drug-likeness (QED) is 0.592. The molecule has 0 radical (unpaired) electrons. The van der Waals surface area contributed by atoms with Crippen LogP contribution in [0.25, 0.3) is 0 Å². The largest absolute Gasteiger partial charge is 0.399 e. The van der Waals surface area contributed by atoms with Crippen LogP contribution in [-0.4, -0.2) is 60.6 Å². The van der Waals surface area contributed by atoms with Crippen LogP contribution in [0.15, 0.2) is 0 Å². The van der Waals surface area contributed by atoms with Crippen LogP contribution in [0.4, 0.5) is 13.2 Å². The van der Waals surface area contributed by atoms with Gasteiger partial charge in [0, 0.05) is 32.2 Å². The molecule has 0 saturated carbocycles. The highest BCUT2D eigenvalue weighted by Gasteiger charge is 2.43. The molecular formula is C11H21F3N4. The Bertz CT molecular complexity index is 293. The molecule has 1 aliphatic rings. The lowest BCUT2D eigenvalue weighted by Crippen LogP contribution is -2.54. The number of nitrogens with one attached hydrogen (secondary N) is 1. The SMILES string of the molecule is CCN1CCN(CC(C(=N)N)C(F)(F)F)CC1C. The van der Waals surface area contributed by atoms with Gasteiger partial charge in [0.05, 0.1) is 0 Å². The van der Waals surface area contributed by atoms with E-state index in [4.69, 9.17) is 11.1 Å². The fourth-order valence-corrected chi connectivity index (χ4v) is 2.34. The fourth-order valence-electron chi connectivity index (χ4n) is 2.34. The van der Waals surface area contributed by atoms with Gasteiger partial charge in [-0.05, 0) is 13.5 Å². The molecule has 106 valence electrons. The Morgan fingerprint density at radius 1 is 1.44 bits per heavy atom. The van der Waals surface area contributed by atoms with E-state index in [2.05, 4.69) is 4.90 Å². The van der Waals surface area contributed by atoms with Crippen LogP contribution >= 0.6 is 0 Å². The first-order chi connectivity index (χ1) is 8.25. The monoisotopic (exact) mass is 266 g/mol. The Hall–Kier alpha value is -0.820. The molecule has 7 heteroatoms. The molecule has 0 aromatic heterocycles. The van der Waals surface area contributed by atoms with Gasteiger partial charge in [-0.1, -0.05) is 6.92 Å². The van der Waals surface area contributed by atoms with E-state index in [1.54, 1.807) is 4.90 Å². The minimum atomic E-state index is -4.43. The highest BCUT2D eigenvalue weighted by Crippen LogP contribution is 2.27. The molecule has 18 heavy (non-hydrogen) atoms. The molecule has 4 nitrogen and oxygen atoms in total. The van der Waals surface area contributed by atoms with Crippen molar-refractivity contribution in [3.8, 4) is 0 Å². The minimum absolute atomic E-state index is 0.208. The maximum absolute atomic E-state index is 12.7. The van der Waals surface area contributed by atoms with Crippen LogP contribution in [0.5, 0.6) is 0 Å². The number of hydrogen-bond acceptors (Lipinski definition) is 3. The molecule has 0 aromatic carbocycles. The number of hydrogen-bond donors (Lipinski definition) is 2. The van der Waals surface area contributed by atoms with Gasteiger partial charge in [0.15, 0.2) is 0 Å². The molecule has 1 aliphatic heterocycles. The summed E-state index contributed by atoms with van der Waals surface area (Å²) >= 11 is 0. The zero-order valence-electron chi connectivity index (χ0n) is 10.8. The summed E-state index contributed by atoms with van der Waals surface area (Å²) < 4.78 is 38.1. The summed E-state index contributed by atoms with van der Waals surface area (Å²) in [6.45, 7) is 6.70. The van der Waals surface area contributed by atoms with E-state index in [0.29, 0.717) is 13.1 Å². The molecule has 0 spiro atoms. The molecule has 1 fully saturated rings. The van der Waals surface area contributed by atoms with E-state index in [9.17, 15) is 13.2 Å². The standard InChI is InChI=1S/C11H21F3N4/c1-3-18-5-4-17(6-8(18)2)7-9(10(15)16)11(12,13)14/h8-9H,3-7H2,1-2H3,(H3,15,16). The number of nitrogens with zero attached hydrogens (tertiary/aromatic N) is 2. The fraction of sp³-hybridized carbons (Fsp3) is 0.909. The average molecular weight is 266 g/mol. The Morgan fingerprint density at radius 2 is 2.06 bits per heavy atom. The maximum atomic E-state index is 12.7. The lowest BCUT2D eigenvalue weighted by atomic mass is 10.1. The lowest BCUT2D eigenvalue weighted by molar-refractivity contribution is -0.161. The third-order valence-corrected chi connectivity index (χ3v) is 3.47. The smallest absolute Gasteiger partial charge is 0.387 e. The highest BCUT2D eigenvalue weighted by molar-refractivity contribution is 5.80. The zero-order valence-corrected chi connectivity index (χ0v) is 10.8. The van der Waals surface area contributed by atoms with Gasteiger partial charge in [0.25, 0.3) is 0 Å². The number of amidine groups is 1. The van der Waals surface area contributed by atoms with Crippen LogP contribution in [0, 0.1) is 11.3 Å². The maximum Gasteiger partial charge on any atom is 0.399 e. The first kappa shape index (κ1) is 15.2. The first-order valence-electron chi connectivity index (χ1n) is 6.12. The second-order valence-corrected chi connectivity index (χ2v) is 4.79. The Labute approximate surface area is 105 Å². The second-order valence-electron chi connectivity index (χ2n) is 4.79. The normalized spacial score (nSPS) is 25.1. The molecule has 1 saturated heterocycles. The van der Waals surface area contributed by atoms with Gasteiger partial charge in [-0.2, -0.15) is 13.2 Å². The van der Waals surface area contributed by atoms with Gasteiger partial charge < -0.3 is 5.73 Å². The molecular weight excluding hydrogens is 245 g/mol. The van der Waals surface area contributed by atoms with Gasteiger partial charge in [-0.3, -0.25) is 15.2 Å². The Balaban J connectivity index is 2.59. The summed E-state index contributed by atoms with van der Waals surface area (Å²) in [6, 6.07) is 0.240. The molecule has 0 aliphatic carbocycles. The van der Waals surface area contributed by atoms with Crippen LogP contribution in [0.1, 0.15) is 13.8 Å². The molecule has 2 unspecified atom stereocenters. The molecule has 1 heterocycles. The van der Waals surface area contributed by atoms with Crippen molar-refractivity contribution < 1.29 is 13.2 Å². The molecule has 1 rings (SSSR count). The third kappa shape index (κ3) is 3.84. The summed E-state index contributed by atoms with van der Waals surface area (Å²) in [7, 11) is 0. The van der Waals surface area contributed by atoms with Crippen molar-refractivity contribution in [2.45, 2.75) is 26.1 Å². The summed E-state index contributed by atoms with van der Waals surface area (Å²) in [5.74, 6) is -2.65. The van der Waals surface area contributed by atoms with E-state index < -0.39 is 17.9 Å². The van der Waals surface area contributed by atoms with Gasteiger partial charge in [-0.15, -0.1) is 0 Å². The van der Waals surface area contributed by atoms with Crippen LogP contribution < -0.4 is 5.73 Å². The zero-order chi connectivity index (χ0) is 13.9. The summed E-state index contributed by atoms with van der Waals surface area (Å²) in [5.41, 5.74) is 5.05. The second kappa shape index (κ2) is 5.88.